The van der Waals surface area contributed by atoms with E-state index in [-0.39, 0.29) is 23.9 Å². The number of nitrogens with one attached hydrogen (secondary N) is 1. The van der Waals surface area contributed by atoms with Gasteiger partial charge in [-0.1, -0.05) is 0 Å². The van der Waals surface area contributed by atoms with Crippen LogP contribution < -0.4 is 11.1 Å². The molecule has 0 saturated carbocycles. The van der Waals surface area contributed by atoms with E-state index in [0.717, 1.165) is 12.1 Å². The highest BCUT2D eigenvalue weighted by molar-refractivity contribution is 5.90. The molecule has 0 unspecified atom stereocenters. The number of nitrogens with zero attached hydrogens (tertiary/aromatic N) is 1. The molecular weight excluding hydrogens is 253 g/mol. The molecule has 0 atom stereocenters. The Morgan fingerprint density at radius 2 is 2.26 bits per heavy atom. The molecule has 0 bridgehead atoms. The van der Waals surface area contributed by atoms with Crippen molar-refractivity contribution in [2.75, 3.05) is 32.0 Å². The summed E-state index contributed by atoms with van der Waals surface area (Å²) in [6, 6.07) is 3.34. The van der Waals surface area contributed by atoms with Gasteiger partial charge in [-0.3, -0.25) is 0 Å². The van der Waals surface area contributed by atoms with Gasteiger partial charge in [-0.25, -0.2) is 14.0 Å². The first-order valence-corrected chi connectivity index (χ1v) is 5.82. The number of ether oxygens (including phenoxy) is 1. The van der Waals surface area contributed by atoms with Crippen molar-refractivity contribution < 1.29 is 18.7 Å². The Morgan fingerprint density at radius 1 is 1.47 bits per heavy atom. The zero-order valence-electron chi connectivity index (χ0n) is 10.2. The third kappa shape index (κ3) is 3.34. The van der Waals surface area contributed by atoms with Crippen molar-refractivity contribution in [2.24, 2.45) is 0 Å². The molecular formula is C12H14FN3O3. The number of amides is 2. The van der Waals surface area contributed by atoms with E-state index in [1.54, 1.807) is 0 Å². The molecule has 1 saturated heterocycles. The van der Waals surface area contributed by atoms with Gasteiger partial charge in [-0.05, 0) is 18.2 Å². The number of anilines is 1. The van der Waals surface area contributed by atoms with E-state index >= 15 is 0 Å². The zero-order valence-corrected chi connectivity index (χ0v) is 10.2. The fraction of sp³-hybridized carbons (Fsp3) is 0.333. The number of hydrogen-bond donors (Lipinski definition) is 2. The van der Waals surface area contributed by atoms with Crippen molar-refractivity contribution in [1.29, 1.82) is 0 Å². The topological polar surface area (TPSA) is 84.7 Å². The quantitative estimate of drug-likeness (QED) is 0.617. The largest absolute Gasteiger partial charge is 0.460 e. The van der Waals surface area contributed by atoms with E-state index < -0.39 is 11.8 Å². The summed E-state index contributed by atoms with van der Waals surface area (Å²) in [6.07, 6.45) is 0. The first-order chi connectivity index (χ1) is 9.06. The molecule has 1 aromatic carbocycles. The highest BCUT2D eigenvalue weighted by Gasteiger charge is 2.19. The number of nitrogens with two attached hydrogens (primary N) is 1. The zero-order chi connectivity index (χ0) is 13.8. The van der Waals surface area contributed by atoms with Crippen LogP contribution in [-0.2, 0) is 4.74 Å². The number of benzene rings is 1. The normalized spacial score (nSPS) is 14.4. The molecule has 0 aliphatic carbocycles. The Hall–Kier alpha value is -2.31. The standard InChI is InChI=1S/C12H14FN3O3/c13-9-5-8(6-10(14)7-9)11(17)19-4-3-16-2-1-15-12(16)18/h5-7H,1-4,14H2,(H,15,18). The van der Waals surface area contributed by atoms with Crippen LogP contribution >= 0.6 is 0 Å². The minimum absolute atomic E-state index is 0.0582. The molecule has 1 aliphatic rings. The second kappa shape index (κ2) is 5.55. The molecule has 2 rings (SSSR count). The number of hydrogen-bond acceptors (Lipinski definition) is 4. The van der Waals surface area contributed by atoms with E-state index in [2.05, 4.69) is 5.32 Å². The van der Waals surface area contributed by atoms with Crippen LogP contribution in [0.4, 0.5) is 14.9 Å². The summed E-state index contributed by atoms with van der Waals surface area (Å²) in [4.78, 5) is 24.4. The lowest BCUT2D eigenvalue weighted by molar-refractivity contribution is 0.0481. The molecule has 0 aromatic heterocycles. The number of carbonyl (C=O) groups is 2. The molecule has 19 heavy (non-hydrogen) atoms. The van der Waals surface area contributed by atoms with Gasteiger partial charge in [-0.2, -0.15) is 0 Å². The minimum Gasteiger partial charge on any atom is -0.460 e. The maximum absolute atomic E-state index is 13.1. The van der Waals surface area contributed by atoms with Gasteiger partial charge in [0, 0.05) is 18.8 Å². The maximum atomic E-state index is 13.1. The number of nitrogen functional groups attached to an aromatic ring is 1. The molecule has 7 heteroatoms. The first-order valence-electron chi connectivity index (χ1n) is 5.82. The minimum atomic E-state index is -0.661. The van der Waals surface area contributed by atoms with Crippen molar-refractivity contribution in [3.05, 3.63) is 29.6 Å². The van der Waals surface area contributed by atoms with Gasteiger partial charge in [-0.15, -0.1) is 0 Å². The lowest BCUT2D eigenvalue weighted by atomic mass is 10.2. The van der Waals surface area contributed by atoms with E-state index in [9.17, 15) is 14.0 Å². The molecule has 0 spiro atoms. The van der Waals surface area contributed by atoms with Gasteiger partial charge in [0.1, 0.15) is 12.4 Å². The Labute approximate surface area is 109 Å². The van der Waals surface area contributed by atoms with Crippen molar-refractivity contribution in [3.63, 3.8) is 0 Å². The predicted molar refractivity (Wildman–Crippen MR) is 66.1 cm³/mol. The van der Waals surface area contributed by atoms with Gasteiger partial charge < -0.3 is 20.7 Å². The van der Waals surface area contributed by atoms with Gasteiger partial charge in [0.25, 0.3) is 0 Å². The summed E-state index contributed by atoms with van der Waals surface area (Å²) in [5.41, 5.74) is 5.65. The lowest BCUT2D eigenvalue weighted by Crippen LogP contribution is -2.31. The number of carbonyl (C=O) groups excluding carboxylic acids is 2. The molecule has 1 aliphatic heterocycles. The first kappa shape index (κ1) is 13.1. The smallest absolute Gasteiger partial charge is 0.338 e. The summed E-state index contributed by atoms with van der Waals surface area (Å²) in [6.45, 7) is 1.54. The highest BCUT2D eigenvalue weighted by Crippen LogP contribution is 2.11. The molecule has 1 heterocycles. The van der Waals surface area contributed by atoms with E-state index in [1.165, 1.54) is 11.0 Å². The molecule has 6 nitrogen and oxygen atoms in total. The average molecular weight is 267 g/mol. The third-order valence-corrected chi connectivity index (χ3v) is 2.70. The van der Waals surface area contributed by atoms with Crippen molar-refractivity contribution in [2.45, 2.75) is 0 Å². The second-order valence-corrected chi connectivity index (χ2v) is 4.13. The van der Waals surface area contributed by atoms with Crippen molar-refractivity contribution in [1.82, 2.24) is 10.2 Å². The number of esters is 1. The Kier molecular flexibility index (Phi) is 3.84. The highest BCUT2D eigenvalue weighted by atomic mass is 19.1. The summed E-state index contributed by atoms with van der Waals surface area (Å²) in [7, 11) is 0. The van der Waals surface area contributed by atoms with Crippen molar-refractivity contribution in [3.8, 4) is 0 Å². The summed E-state index contributed by atoms with van der Waals surface area (Å²) in [5.74, 6) is -1.25. The average Bonchev–Trinajstić information content (AvgIpc) is 2.74. The van der Waals surface area contributed by atoms with Gasteiger partial charge >= 0.3 is 12.0 Å². The molecule has 102 valence electrons. The van der Waals surface area contributed by atoms with E-state index in [0.29, 0.717) is 19.6 Å². The number of rotatable bonds is 4. The second-order valence-electron chi connectivity index (χ2n) is 4.13. The summed E-state index contributed by atoms with van der Waals surface area (Å²) < 4.78 is 18.0. The Morgan fingerprint density at radius 3 is 2.89 bits per heavy atom. The lowest BCUT2D eigenvalue weighted by Gasteiger charge is -2.13. The van der Waals surface area contributed by atoms with E-state index in [4.69, 9.17) is 10.5 Å². The van der Waals surface area contributed by atoms with Crippen LogP contribution in [0.2, 0.25) is 0 Å². The van der Waals surface area contributed by atoms with Crippen LogP contribution in [0.25, 0.3) is 0 Å². The molecule has 1 aromatic rings. The fourth-order valence-corrected chi connectivity index (χ4v) is 1.79. The Bertz CT molecular complexity index is 487. The molecule has 3 N–H and O–H groups in total. The summed E-state index contributed by atoms with van der Waals surface area (Å²) >= 11 is 0. The van der Waals surface area contributed by atoms with Crippen molar-refractivity contribution >= 4 is 17.7 Å². The third-order valence-electron chi connectivity index (χ3n) is 2.70. The summed E-state index contributed by atoms with van der Waals surface area (Å²) in [5, 5.41) is 2.63. The number of halogens is 1. The monoisotopic (exact) mass is 267 g/mol. The molecule has 1 fully saturated rings. The van der Waals surface area contributed by atoms with Gasteiger partial charge in [0.05, 0.1) is 12.1 Å². The molecule has 0 radical (unpaired) electrons. The van der Waals surface area contributed by atoms with Gasteiger partial charge in [0.15, 0.2) is 0 Å². The maximum Gasteiger partial charge on any atom is 0.338 e. The van der Waals surface area contributed by atoms with Crippen LogP contribution in [0.1, 0.15) is 10.4 Å². The van der Waals surface area contributed by atoms with Crippen LogP contribution in [0, 0.1) is 5.82 Å². The van der Waals surface area contributed by atoms with Crippen LogP contribution in [0.15, 0.2) is 18.2 Å². The van der Waals surface area contributed by atoms with Crippen LogP contribution in [0.5, 0.6) is 0 Å². The SMILES string of the molecule is Nc1cc(F)cc(C(=O)OCCN2CCNC2=O)c1. The van der Waals surface area contributed by atoms with Crippen LogP contribution in [-0.4, -0.2) is 43.1 Å². The Balaban J connectivity index is 1.85. The predicted octanol–water partition coefficient (Wildman–Crippen LogP) is 0.590. The van der Waals surface area contributed by atoms with Crippen LogP contribution in [0.3, 0.4) is 0 Å². The van der Waals surface area contributed by atoms with E-state index in [1.807, 2.05) is 0 Å². The molecule has 2 amide bonds. The fourth-order valence-electron chi connectivity index (χ4n) is 1.79. The van der Waals surface area contributed by atoms with Gasteiger partial charge in [0.2, 0.25) is 0 Å². The number of urea groups is 1.